The number of hydrogen-bond acceptors (Lipinski definition) is 5. The molecule has 0 saturated heterocycles. The van der Waals surface area contributed by atoms with E-state index < -0.39 is 35.9 Å². The first-order valence-electron chi connectivity index (χ1n) is 8.87. The van der Waals surface area contributed by atoms with E-state index in [1.165, 1.54) is 6.07 Å². The van der Waals surface area contributed by atoms with E-state index in [1.54, 1.807) is 6.92 Å². The maximum Gasteiger partial charge on any atom is 0.388 e. The fraction of sp³-hybridized carbons (Fsp3) is 0.211. The number of phenolic OH excluding ortho intramolecular Hbond substituents is 1. The molecule has 0 aliphatic carbocycles. The Bertz CT molecular complexity index is 1110. The third-order valence-corrected chi connectivity index (χ3v) is 4.27. The van der Waals surface area contributed by atoms with Gasteiger partial charge in [-0.25, -0.2) is 13.8 Å². The van der Waals surface area contributed by atoms with Gasteiger partial charge < -0.3 is 16.2 Å². The minimum Gasteiger partial charge on any atom is -0.507 e. The molecule has 0 fully saturated rings. The predicted molar refractivity (Wildman–Crippen MR) is 108 cm³/mol. The van der Waals surface area contributed by atoms with Crippen molar-refractivity contribution in [3.63, 3.8) is 0 Å². The fourth-order valence-electron chi connectivity index (χ4n) is 2.30. The third-order valence-electron chi connectivity index (χ3n) is 4.00. The summed E-state index contributed by atoms with van der Waals surface area (Å²) in [6.45, 7) is 2.70. The molecule has 0 aliphatic heterocycles. The van der Waals surface area contributed by atoms with Crippen molar-refractivity contribution in [1.29, 1.82) is 0 Å². The molecule has 32 heavy (non-hydrogen) atoms. The molecule has 1 amide bonds. The van der Waals surface area contributed by atoms with Crippen LogP contribution in [0.3, 0.4) is 0 Å². The normalized spacial score (nSPS) is 11.0. The second-order valence-electron chi connectivity index (χ2n) is 6.35. The number of nitrogens with one attached hydrogen (secondary N) is 2. The number of amides is 1. The molecule has 3 aromatic rings. The second-order valence-corrected chi connectivity index (χ2v) is 6.71. The Labute approximate surface area is 183 Å². The van der Waals surface area contributed by atoms with Crippen LogP contribution in [0.15, 0.2) is 24.3 Å². The Hall–Kier alpha value is -3.41. The zero-order chi connectivity index (χ0) is 24.2. The lowest BCUT2D eigenvalue weighted by molar-refractivity contribution is -0.130. The highest BCUT2D eigenvalue weighted by Crippen LogP contribution is 2.32. The van der Waals surface area contributed by atoms with Gasteiger partial charge in [-0.1, -0.05) is 18.5 Å². The molecule has 2 aromatic heterocycles. The molecule has 2 heterocycles. The lowest BCUT2D eigenvalue weighted by atomic mass is 10.0. The lowest BCUT2D eigenvalue weighted by Gasteiger charge is -2.10. The number of benzene rings is 1. The molecule has 0 bridgehead atoms. The predicted octanol–water partition coefficient (Wildman–Crippen LogP) is 5.21. The van der Waals surface area contributed by atoms with E-state index in [0.29, 0.717) is 5.69 Å². The van der Waals surface area contributed by atoms with E-state index in [2.05, 4.69) is 20.5 Å². The van der Waals surface area contributed by atoms with Crippen molar-refractivity contribution in [2.24, 2.45) is 0 Å². The first-order chi connectivity index (χ1) is 14.8. The molecule has 0 spiro atoms. The molecule has 0 aliphatic rings. The summed E-state index contributed by atoms with van der Waals surface area (Å²) in [6.07, 6.45) is -4.69. The van der Waals surface area contributed by atoms with Crippen LogP contribution in [0.5, 0.6) is 5.75 Å². The summed E-state index contributed by atoms with van der Waals surface area (Å²) in [7, 11) is 0. The van der Waals surface area contributed by atoms with Gasteiger partial charge in [-0.3, -0.25) is 9.89 Å². The summed E-state index contributed by atoms with van der Waals surface area (Å²) in [4.78, 5) is 16.0. The lowest BCUT2D eigenvalue weighted by Crippen LogP contribution is -2.13. The number of nitrogens with zero attached hydrogens (tertiary/aromatic N) is 2. The molecule has 1 aromatic carbocycles. The van der Waals surface area contributed by atoms with Crippen LogP contribution >= 0.6 is 11.6 Å². The second kappa shape index (κ2) is 9.81. The Kier molecular flexibility index (Phi) is 7.62. The Morgan fingerprint density at radius 3 is 2.41 bits per heavy atom. The number of hydrogen-bond donors (Lipinski definition) is 4. The summed E-state index contributed by atoms with van der Waals surface area (Å²) in [6, 6.07) is 3.92. The van der Waals surface area contributed by atoms with Crippen molar-refractivity contribution in [3.05, 3.63) is 52.3 Å². The molecule has 0 atom stereocenters. The van der Waals surface area contributed by atoms with Gasteiger partial charge >= 0.3 is 6.18 Å². The van der Waals surface area contributed by atoms with Gasteiger partial charge in [-0.2, -0.15) is 18.3 Å². The molecule has 0 unspecified atom stereocenters. The summed E-state index contributed by atoms with van der Waals surface area (Å²) >= 11 is 5.83. The van der Waals surface area contributed by atoms with Gasteiger partial charge in [0.05, 0.1) is 11.3 Å². The molecule has 5 N–H and O–H groups in total. The Morgan fingerprint density at radius 1 is 1.25 bits per heavy atom. The molecule has 3 rings (SSSR count). The van der Waals surface area contributed by atoms with Crippen molar-refractivity contribution in [2.75, 3.05) is 11.1 Å². The van der Waals surface area contributed by atoms with E-state index in [4.69, 9.17) is 17.3 Å². The van der Waals surface area contributed by atoms with Crippen molar-refractivity contribution >= 4 is 29.0 Å². The van der Waals surface area contributed by atoms with Gasteiger partial charge in [0.2, 0.25) is 0 Å². The summed E-state index contributed by atoms with van der Waals surface area (Å²) in [5.41, 5.74) is 5.09. The number of aromatic hydroxyl groups is 1. The molecule has 13 heteroatoms. The summed E-state index contributed by atoms with van der Waals surface area (Å²) in [5, 5.41) is 18.8. The number of aromatic amines is 1. The van der Waals surface area contributed by atoms with Crippen LogP contribution in [0.2, 0.25) is 5.15 Å². The molecule has 7 nitrogen and oxygen atoms in total. The third kappa shape index (κ3) is 6.06. The number of pyridine rings is 1. The number of anilines is 2. The molecular weight excluding hydrogens is 461 g/mol. The molecular formula is C19H17ClF5N5O2. The first kappa shape index (κ1) is 24.9. The fourth-order valence-corrected chi connectivity index (χ4v) is 2.53. The molecule has 0 radical (unpaired) electrons. The average Bonchev–Trinajstić information content (AvgIpc) is 3.03. The number of carbonyl (C=O) groups excluding carboxylic acids is 1. The summed E-state index contributed by atoms with van der Waals surface area (Å²) < 4.78 is 60.7. The number of H-pyrrole nitrogens is 1. The minimum absolute atomic E-state index is 0.0125. The first-order valence-corrected chi connectivity index (χ1v) is 9.25. The number of rotatable bonds is 3. The van der Waals surface area contributed by atoms with Gasteiger partial charge in [0.1, 0.15) is 34.6 Å². The number of nitrogens with two attached hydrogens (primary N) is 1. The van der Waals surface area contributed by atoms with Crippen LogP contribution in [0.25, 0.3) is 11.3 Å². The van der Waals surface area contributed by atoms with Crippen molar-refractivity contribution in [2.45, 2.75) is 26.4 Å². The highest BCUT2D eigenvalue weighted by molar-refractivity contribution is 6.33. The smallest absolute Gasteiger partial charge is 0.388 e. The average molecular weight is 478 g/mol. The highest BCUT2D eigenvalue weighted by Gasteiger charge is 2.23. The number of aryl methyl sites for hydroxylation is 1. The SMILES string of the molecule is CCC(F)(F)F.Cc1[nH]nc(Cl)c1NC(=O)c1cc(F)c(-c2nc(N)ccc2F)cc1O. The maximum atomic E-state index is 14.4. The number of aromatic nitrogens is 3. The monoisotopic (exact) mass is 477 g/mol. The topological polar surface area (TPSA) is 117 Å². The van der Waals surface area contributed by atoms with E-state index in [0.717, 1.165) is 25.1 Å². The van der Waals surface area contributed by atoms with Crippen LogP contribution in [-0.4, -0.2) is 32.4 Å². The number of nitrogen functional groups attached to an aromatic ring is 1. The van der Waals surface area contributed by atoms with E-state index in [1.807, 2.05) is 0 Å². The zero-order valence-electron chi connectivity index (χ0n) is 16.6. The largest absolute Gasteiger partial charge is 0.507 e. The zero-order valence-corrected chi connectivity index (χ0v) is 17.4. The minimum atomic E-state index is -3.96. The van der Waals surface area contributed by atoms with E-state index in [-0.39, 0.29) is 33.5 Å². The standard InChI is InChI=1S/C16H12ClF2N5O2.C3H5F3/c1-6-13(15(17)24-23-6)22-16(26)8-4-10(19)7(5-11(8)25)14-9(18)2-3-12(20)21-14;1-2-3(4,5)6/h2-5,25H,1H3,(H2,20,21)(H,22,26)(H,23,24);2H2,1H3. The number of halogens is 6. The molecule has 0 saturated carbocycles. The van der Waals surface area contributed by atoms with Gasteiger partial charge in [0.25, 0.3) is 5.91 Å². The highest BCUT2D eigenvalue weighted by atomic mass is 35.5. The van der Waals surface area contributed by atoms with Gasteiger partial charge in [-0.05, 0) is 31.2 Å². The Balaban J connectivity index is 0.000000534. The number of phenols is 1. The van der Waals surface area contributed by atoms with Crippen LogP contribution in [-0.2, 0) is 0 Å². The van der Waals surface area contributed by atoms with Crippen molar-refractivity contribution in [1.82, 2.24) is 15.2 Å². The van der Waals surface area contributed by atoms with E-state index in [9.17, 15) is 31.9 Å². The van der Waals surface area contributed by atoms with Crippen molar-refractivity contribution in [3.8, 4) is 17.0 Å². The van der Waals surface area contributed by atoms with Crippen LogP contribution < -0.4 is 11.1 Å². The van der Waals surface area contributed by atoms with Crippen LogP contribution in [0.1, 0.15) is 29.4 Å². The van der Waals surface area contributed by atoms with E-state index >= 15 is 0 Å². The van der Waals surface area contributed by atoms with Gasteiger partial charge in [0.15, 0.2) is 5.15 Å². The number of alkyl halides is 3. The van der Waals surface area contributed by atoms with Gasteiger partial charge in [0, 0.05) is 12.0 Å². The maximum absolute atomic E-state index is 14.4. The van der Waals surface area contributed by atoms with Crippen LogP contribution in [0.4, 0.5) is 33.5 Å². The summed E-state index contributed by atoms with van der Waals surface area (Å²) in [5.74, 6) is -3.19. The quantitative estimate of drug-likeness (QED) is 0.386. The van der Waals surface area contributed by atoms with Crippen molar-refractivity contribution < 1.29 is 31.9 Å². The number of carbonyl (C=O) groups is 1. The Morgan fingerprint density at radius 2 is 1.88 bits per heavy atom. The molecule has 172 valence electrons. The van der Waals surface area contributed by atoms with Crippen LogP contribution in [0, 0.1) is 18.6 Å². The van der Waals surface area contributed by atoms with Gasteiger partial charge in [-0.15, -0.1) is 0 Å².